The van der Waals surface area contributed by atoms with Crippen LogP contribution in [-0.4, -0.2) is 118 Å². The number of hydrogen-bond acceptors (Lipinski definition) is 21. The molecular formula is C27H21BO21. The maximum Gasteiger partial charge on any atom is 0.649 e. The molecule has 3 saturated heterocycles. The highest BCUT2D eigenvalue weighted by Gasteiger charge is 2.91. The quantitative estimate of drug-likeness (QED) is 0.0597. The lowest BCUT2D eigenvalue weighted by Crippen LogP contribution is -2.81. The Kier molecular flexibility index (Phi) is 7.47. The number of carbonyl (C=O) groups is 3. The number of fused-ring (bicyclic) bond motifs is 1. The van der Waals surface area contributed by atoms with Crippen molar-refractivity contribution in [3.05, 3.63) is 53.1 Å². The van der Waals surface area contributed by atoms with Crippen LogP contribution < -0.4 is 0 Å². The number of aliphatic hydroxyl groups excluding tert-OH is 1. The minimum Gasteiger partial charge on any atom is -0.504 e. The molecule has 49 heavy (non-hydrogen) atoms. The van der Waals surface area contributed by atoms with E-state index < -0.39 is 130 Å². The van der Waals surface area contributed by atoms with Gasteiger partial charge in [-0.05, 0) is 36.4 Å². The van der Waals surface area contributed by atoms with Crippen LogP contribution in [-0.2, 0) is 32.9 Å². The second kappa shape index (κ2) is 11.1. The monoisotopic (exact) mass is 692 g/mol. The zero-order chi connectivity index (χ0) is 35.8. The molecule has 22 heteroatoms. The molecule has 2 bridgehead atoms. The molecule has 3 aliphatic rings. The molecule has 0 saturated carbocycles. The fraction of sp³-hybridized carbons (Fsp3) is 0.222. The average Bonchev–Trinajstić information content (AvgIpc) is 3.49. The van der Waals surface area contributed by atoms with E-state index in [-0.39, 0.29) is 0 Å². The van der Waals surface area contributed by atoms with Gasteiger partial charge in [0, 0.05) is 0 Å². The number of benzene rings is 3. The maximum atomic E-state index is 13.3. The minimum absolute atomic E-state index is 0.545. The number of ether oxygens (including phenoxy) is 4. The predicted molar refractivity (Wildman–Crippen MR) is 146 cm³/mol. The van der Waals surface area contributed by atoms with Gasteiger partial charge in [0.1, 0.15) is 12.7 Å². The van der Waals surface area contributed by atoms with Crippen molar-refractivity contribution in [2.75, 3.05) is 6.61 Å². The Morgan fingerprint density at radius 1 is 0.633 bits per heavy atom. The number of esters is 3. The number of hydrogen-bond donors (Lipinski definition) is 11. The van der Waals surface area contributed by atoms with Crippen molar-refractivity contribution in [2.24, 2.45) is 0 Å². The van der Waals surface area contributed by atoms with Crippen LogP contribution in [0.2, 0.25) is 0 Å². The molecule has 258 valence electrons. The lowest BCUT2D eigenvalue weighted by molar-refractivity contribution is -0.522. The fourth-order valence-corrected chi connectivity index (χ4v) is 5.08. The standard InChI is InChI=1S/C27H21BO21/c29-11-1-8(2-12(30)18(11)35)22(39)43-7-17-21(38)25(45-23(40)9-3-13(31)19(36)14(32)4-9)26(42)27(44-17,49-28(47-25)48-26)46-24(41)10-5-15(33)20(37)16(34)6-10/h1-6,17,21,29-38,42H,7H2/t17-,21-,25-,26-,27+/m1/s1. The van der Waals surface area contributed by atoms with Crippen molar-refractivity contribution in [3.63, 3.8) is 0 Å². The topological polar surface area (TPSA) is 338 Å². The summed E-state index contributed by atoms with van der Waals surface area (Å²) in [6, 6.07) is 3.82. The van der Waals surface area contributed by atoms with E-state index in [1.54, 1.807) is 0 Å². The van der Waals surface area contributed by atoms with Gasteiger partial charge >= 0.3 is 37.0 Å². The van der Waals surface area contributed by atoms with Crippen LogP contribution in [0, 0.1) is 0 Å². The summed E-state index contributed by atoms with van der Waals surface area (Å²) < 4.78 is 37.0. The summed E-state index contributed by atoms with van der Waals surface area (Å²) in [7, 11) is -2.16. The van der Waals surface area contributed by atoms with Crippen LogP contribution in [0.3, 0.4) is 0 Å². The molecule has 3 fully saturated rings. The summed E-state index contributed by atoms with van der Waals surface area (Å²) in [6.07, 6.45) is -4.56. The average molecular weight is 692 g/mol. The van der Waals surface area contributed by atoms with Crippen molar-refractivity contribution < 1.29 is 103 Å². The van der Waals surface area contributed by atoms with Gasteiger partial charge < -0.3 is 89.1 Å². The summed E-state index contributed by atoms with van der Waals surface area (Å²) in [6.45, 7) is -1.12. The zero-order valence-electron chi connectivity index (χ0n) is 23.9. The zero-order valence-corrected chi connectivity index (χ0v) is 23.9. The van der Waals surface area contributed by atoms with E-state index in [1.807, 2.05) is 0 Å². The summed E-state index contributed by atoms with van der Waals surface area (Å²) in [5.41, 5.74) is -1.97. The first-order valence-electron chi connectivity index (χ1n) is 13.4. The number of phenols is 9. The van der Waals surface area contributed by atoms with Gasteiger partial charge in [0.2, 0.25) is 0 Å². The van der Waals surface area contributed by atoms with Gasteiger partial charge in [0.25, 0.3) is 5.79 Å². The Bertz CT molecular complexity index is 1850. The van der Waals surface area contributed by atoms with Crippen LogP contribution in [0.25, 0.3) is 0 Å². The van der Waals surface area contributed by atoms with E-state index in [4.69, 9.17) is 32.9 Å². The van der Waals surface area contributed by atoms with Gasteiger partial charge in [-0.2, -0.15) is 0 Å². The van der Waals surface area contributed by atoms with E-state index in [2.05, 4.69) is 0 Å². The first-order valence-corrected chi connectivity index (χ1v) is 13.4. The Balaban J connectivity index is 1.38. The number of aliphatic hydroxyl groups is 2. The highest BCUT2D eigenvalue weighted by atomic mass is 17.0. The van der Waals surface area contributed by atoms with Crippen LogP contribution in [0.5, 0.6) is 51.7 Å². The van der Waals surface area contributed by atoms with Crippen LogP contribution >= 0.6 is 0 Å². The maximum absolute atomic E-state index is 13.3. The number of aromatic hydroxyl groups is 9. The molecule has 5 atom stereocenters. The molecule has 0 aliphatic carbocycles. The number of carbonyl (C=O) groups excluding carboxylic acids is 3. The summed E-state index contributed by atoms with van der Waals surface area (Å²) in [5.74, 6) is -23.5. The summed E-state index contributed by atoms with van der Waals surface area (Å²) in [5, 5.41) is 111. The molecule has 3 heterocycles. The van der Waals surface area contributed by atoms with E-state index in [1.165, 1.54) is 0 Å². The summed E-state index contributed by atoms with van der Waals surface area (Å²) >= 11 is 0. The van der Waals surface area contributed by atoms with Crippen molar-refractivity contribution in [3.8, 4) is 51.7 Å². The van der Waals surface area contributed by atoms with E-state index in [9.17, 15) is 70.6 Å². The fourth-order valence-electron chi connectivity index (χ4n) is 5.08. The highest BCUT2D eigenvalue weighted by molar-refractivity contribution is 6.39. The Morgan fingerprint density at radius 2 is 1.04 bits per heavy atom. The lowest BCUT2D eigenvalue weighted by Gasteiger charge is -2.54. The normalized spacial score (nSPS) is 26.7. The molecule has 3 aromatic carbocycles. The molecular weight excluding hydrogens is 671 g/mol. The van der Waals surface area contributed by atoms with Crippen molar-refractivity contribution in [1.82, 2.24) is 0 Å². The Morgan fingerprint density at radius 3 is 1.47 bits per heavy atom. The van der Waals surface area contributed by atoms with E-state index in [0.29, 0.717) is 36.4 Å². The highest BCUT2D eigenvalue weighted by Crippen LogP contribution is 2.59. The van der Waals surface area contributed by atoms with Crippen molar-refractivity contribution in [2.45, 2.75) is 29.8 Å². The van der Waals surface area contributed by atoms with Crippen LogP contribution in [0.15, 0.2) is 36.4 Å². The molecule has 0 amide bonds. The van der Waals surface area contributed by atoms with Crippen LogP contribution in [0.1, 0.15) is 31.1 Å². The minimum atomic E-state index is -3.48. The van der Waals surface area contributed by atoms with Gasteiger partial charge in [-0.1, -0.05) is 0 Å². The molecule has 0 spiro atoms. The molecule has 0 unspecified atom stereocenters. The molecule has 0 radical (unpaired) electrons. The Labute approximate surface area is 270 Å². The lowest BCUT2D eigenvalue weighted by atomic mass is 9.88. The van der Waals surface area contributed by atoms with Crippen LogP contribution in [0.4, 0.5) is 0 Å². The Hall–Kier alpha value is -5.91. The third-order valence-electron chi connectivity index (χ3n) is 7.49. The molecule has 3 aliphatic heterocycles. The third kappa shape index (κ3) is 4.94. The first-order chi connectivity index (χ1) is 22.9. The van der Waals surface area contributed by atoms with E-state index in [0.717, 1.165) is 0 Å². The SMILES string of the molecule is O=C(OC[C@H]1O[C@@]2(OC(=O)c3cc(O)c(O)c(O)c3)OB3O[C@](OC(=O)c4cc(O)c(O)c(O)c4)([C@@H]1O)[C@@]2(O)O3)c1cc(O)c(O)c(O)c1. The molecule has 0 aromatic heterocycles. The number of phenolic OH excluding ortho intramolecular Hbond substituents is 9. The van der Waals surface area contributed by atoms with Crippen molar-refractivity contribution in [1.29, 1.82) is 0 Å². The second-order valence-electron chi connectivity index (χ2n) is 10.6. The van der Waals surface area contributed by atoms with Gasteiger partial charge in [0.05, 0.1) is 16.7 Å². The van der Waals surface area contributed by atoms with E-state index >= 15 is 0 Å². The smallest absolute Gasteiger partial charge is 0.504 e. The summed E-state index contributed by atoms with van der Waals surface area (Å²) in [4.78, 5) is 39.2. The predicted octanol–water partition coefficient (Wildman–Crippen LogP) is -1.23. The van der Waals surface area contributed by atoms with Gasteiger partial charge in [0.15, 0.2) is 57.8 Å². The molecule has 21 nitrogen and oxygen atoms in total. The molecule has 11 N–H and O–H groups in total. The molecule has 3 aromatic rings. The van der Waals surface area contributed by atoms with Gasteiger partial charge in [-0.15, -0.1) is 0 Å². The second-order valence-corrected chi connectivity index (χ2v) is 10.6. The van der Waals surface area contributed by atoms with Gasteiger partial charge in [-0.3, -0.25) is 0 Å². The van der Waals surface area contributed by atoms with Crippen molar-refractivity contribution >= 4 is 25.2 Å². The van der Waals surface area contributed by atoms with Gasteiger partial charge in [-0.25, -0.2) is 14.4 Å². The third-order valence-corrected chi connectivity index (χ3v) is 7.49. The first kappa shape index (κ1) is 33.0. The number of rotatable bonds is 7. The molecule has 6 rings (SSSR count). The largest absolute Gasteiger partial charge is 0.649 e.